The molecule has 1 aliphatic rings. The van der Waals surface area contributed by atoms with Crippen molar-refractivity contribution in [3.8, 4) is 11.5 Å². The lowest BCUT2D eigenvalue weighted by Crippen LogP contribution is -2.16. The maximum absolute atomic E-state index is 12.5. The van der Waals surface area contributed by atoms with Crippen LogP contribution in [0.15, 0.2) is 59.2 Å². The molecule has 3 aromatic rings. The van der Waals surface area contributed by atoms with Crippen LogP contribution >= 0.6 is 11.6 Å². The summed E-state index contributed by atoms with van der Waals surface area (Å²) < 4.78 is 5.43. The van der Waals surface area contributed by atoms with Gasteiger partial charge in [0.2, 0.25) is 5.89 Å². The standard InChI is InChI=1S/C29H30ClNO5/c30-25-6-2-1-5-24(25)29-31-26(18-36-29)27(33)7-3-4-23(32)16-19-8-12-21(13-9-19)22-14-10-20(11-15-22)17-28(34)35/h1-2,5-6,8-9,12-13,18,20,22H,3-4,7,10-11,14-17H2,(H,34,35). The maximum Gasteiger partial charge on any atom is 0.303 e. The van der Waals surface area contributed by atoms with Gasteiger partial charge >= 0.3 is 5.97 Å². The second kappa shape index (κ2) is 12.1. The number of carbonyl (C=O) groups is 3. The first-order chi connectivity index (χ1) is 17.4. The summed E-state index contributed by atoms with van der Waals surface area (Å²) in [5, 5.41) is 9.48. The van der Waals surface area contributed by atoms with Crippen molar-refractivity contribution in [1.29, 1.82) is 0 Å². The van der Waals surface area contributed by atoms with Crippen molar-refractivity contribution in [1.82, 2.24) is 4.98 Å². The zero-order chi connectivity index (χ0) is 25.5. The Morgan fingerprint density at radius 2 is 1.69 bits per heavy atom. The Hall–Kier alpha value is -3.25. The van der Waals surface area contributed by atoms with Crippen LogP contribution in [-0.2, 0) is 16.0 Å². The number of aliphatic carboxylic acids is 1. The monoisotopic (exact) mass is 507 g/mol. The highest BCUT2D eigenvalue weighted by molar-refractivity contribution is 6.33. The molecule has 1 fully saturated rings. The third kappa shape index (κ3) is 6.91. The molecule has 1 saturated carbocycles. The number of rotatable bonds is 11. The molecule has 0 radical (unpaired) electrons. The fourth-order valence-corrected chi connectivity index (χ4v) is 5.12. The molecule has 4 rings (SSSR count). The number of benzene rings is 2. The quantitative estimate of drug-likeness (QED) is 0.283. The highest BCUT2D eigenvalue weighted by atomic mass is 35.5. The van der Waals surface area contributed by atoms with E-state index in [1.54, 1.807) is 12.1 Å². The molecule has 1 heterocycles. The number of ketones is 2. The number of carbonyl (C=O) groups excluding carboxylic acids is 2. The Bertz CT molecular complexity index is 1210. The number of carboxylic acids is 1. The molecule has 0 unspecified atom stereocenters. The van der Waals surface area contributed by atoms with Crippen molar-refractivity contribution in [2.45, 2.75) is 63.7 Å². The number of hydrogen-bond acceptors (Lipinski definition) is 5. The Morgan fingerprint density at radius 1 is 0.972 bits per heavy atom. The first-order valence-electron chi connectivity index (χ1n) is 12.4. The molecular weight excluding hydrogens is 478 g/mol. The van der Waals surface area contributed by atoms with E-state index >= 15 is 0 Å². The van der Waals surface area contributed by atoms with Crippen LogP contribution in [0.2, 0.25) is 5.02 Å². The maximum atomic E-state index is 12.5. The van der Waals surface area contributed by atoms with Gasteiger partial charge < -0.3 is 9.52 Å². The molecule has 6 nitrogen and oxygen atoms in total. The largest absolute Gasteiger partial charge is 0.481 e. The lowest BCUT2D eigenvalue weighted by molar-refractivity contribution is -0.138. The molecule has 2 aromatic carbocycles. The molecule has 1 aromatic heterocycles. The molecule has 1 aliphatic carbocycles. The van der Waals surface area contributed by atoms with Gasteiger partial charge in [-0.1, -0.05) is 48.0 Å². The summed E-state index contributed by atoms with van der Waals surface area (Å²) in [4.78, 5) is 40.1. The van der Waals surface area contributed by atoms with E-state index in [2.05, 4.69) is 17.1 Å². The molecular formula is C29H30ClNO5. The van der Waals surface area contributed by atoms with Crippen molar-refractivity contribution in [3.05, 3.63) is 76.6 Å². The van der Waals surface area contributed by atoms with Gasteiger partial charge in [-0.3, -0.25) is 14.4 Å². The smallest absolute Gasteiger partial charge is 0.303 e. The molecule has 0 bridgehead atoms. The average molecular weight is 508 g/mol. The normalized spacial score (nSPS) is 17.6. The van der Waals surface area contributed by atoms with E-state index in [4.69, 9.17) is 21.1 Å². The predicted octanol–water partition coefficient (Wildman–Crippen LogP) is 6.91. The summed E-state index contributed by atoms with van der Waals surface area (Å²) in [5.41, 5.74) is 3.10. The number of carboxylic acid groups (broad SMARTS) is 1. The summed E-state index contributed by atoms with van der Waals surface area (Å²) in [7, 11) is 0. The van der Waals surface area contributed by atoms with Crippen molar-refractivity contribution >= 4 is 29.1 Å². The van der Waals surface area contributed by atoms with E-state index in [1.807, 2.05) is 24.3 Å². The third-order valence-corrected chi connectivity index (χ3v) is 7.25. The van der Waals surface area contributed by atoms with Crippen LogP contribution in [0.25, 0.3) is 11.5 Å². The van der Waals surface area contributed by atoms with Gasteiger partial charge in [0.25, 0.3) is 0 Å². The zero-order valence-corrected chi connectivity index (χ0v) is 20.9. The van der Waals surface area contributed by atoms with Crippen LogP contribution in [-0.4, -0.2) is 27.6 Å². The van der Waals surface area contributed by atoms with Crippen LogP contribution < -0.4 is 0 Å². The lowest BCUT2D eigenvalue weighted by atomic mass is 9.77. The molecule has 0 amide bonds. The first-order valence-corrected chi connectivity index (χ1v) is 12.8. The molecule has 36 heavy (non-hydrogen) atoms. The van der Waals surface area contributed by atoms with Crippen molar-refractivity contribution in [3.63, 3.8) is 0 Å². The van der Waals surface area contributed by atoms with Gasteiger partial charge in [0.15, 0.2) is 5.78 Å². The third-order valence-electron chi connectivity index (χ3n) is 6.92. The Kier molecular flexibility index (Phi) is 8.70. The van der Waals surface area contributed by atoms with E-state index < -0.39 is 5.97 Å². The van der Waals surface area contributed by atoms with E-state index in [-0.39, 0.29) is 36.0 Å². The summed E-state index contributed by atoms with van der Waals surface area (Å²) in [6, 6.07) is 15.3. The SMILES string of the molecule is O=C(O)CC1CCC(c2ccc(CC(=O)CCCC(=O)c3coc(-c4ccccc4Cl)n3)cc2)CC1. The van der Waals surface area contributed by atoms with Gasteiger partial charge in [0, 0.05) is 25.7 Å². The van der Waals surface area contributed by atoms with Gasteiger partial charge in [-0.05, 0) is 67.2 Å². The minimum atomic E-state index is -0.711. The average Bonchev–Trinajstić information content (AvgIpc) is 3.35. The van der Waals surface area contributed by atoms with Gasteiger partial charge in [-0.2, -0.15) is 0 Å². The number of halogens is 1. The van der Waals surface area contributed by atoms with Crippen LogP contribution in [0.1, 0.15) is 78.9 Å². The molecule has 0 spiro atoms. The molecule has 1 N–H and O–H groups in total. The number of hydrogen-bond donors (Lipinski definition) is 1. The second-order valence-corrected chi connectivity index (χ2v) is 9.97. The number of aromatic nitrogens is 1. The van der Waals surface area contributed by atoms with Crippen molar-refractivity contribution in [2.24, 2.45) is 5.92 Å². The van der Waals surface area contributed by atoms with Gasteiger partial charge in [-0.25, -0.2) is 4.98 Å². The topological polar surface area (TPSA) is 97.5 Å². The molecule has 7 heteroatoms. The highest BCUT2D eigenvalue weighted by Gasteiger charge is 2.24. The Morgan fingerprint density at radius 3 is 2.39 bits per heavy atom. The highest BCUT2D eigenvalue weighted by Crippen LogP contribution is 2.37. The predicted molar refractivity (Wildman–Crippen MR) is 137 cm³/mol. The number of oxazole rings is 1. The Balaban J connectivity index is 1.20. The van der Waals surface area contributed by atoms with Crippen LogP contribution in [0, 0.1) is 5.92 Å². The Labute approximate surface area is 215 Å². The molecule has 0 aliphatic heterocycles. The van der Waals surface area contributed by atoms with Crippen LogP contribution in [0.5, 0.6) is 0 Å². The van der Waals surface area contributed by atoms with Crippen molar-refractivity contribution in [2.75, 3.05) is 0 Å². The molecule has 0 saturated heterocycles. The van der Waals surface area contributed by atoms with Crippen LogP contribution in [0.4, 0.5) is 0 Å². The summed E-state index contributed by atoms with van der Waals surface area (Å²) in [6.45, 7) is 0. The minimum absolute atomic E-state index is 0.0987. The fourth-order valence-electron chi connectivity index (χ4n) is 4.90. The number of nitrogens with zero attached hydrogens (tertiary/aromatic N) is 1. The minimum Gasteiger partial charge on any atom is -0.481 e. The fraction of sp³-hybridized carbons (Fsp3) is 0.379. The lowest BCUT2D eigenvalue weighted by Gasteiger charge is -2.28. The van der Waals surface area contributed by atoms with E-state index in [9.17, 15) is 14.4 Å². The number of Topliss-reactive ketones (excluding diaryl/α,β-unsaturated/α-hetero) is 2. The van der Waals surface area contributed by atoms with Gasteiger partial charge in [-0.15, -0.1) is 0 Å². The van der Waals surface area contributed by atoms with Crippen LogP contribution in [0.3, 0.4) is 0 Å². The summed E-state index contributed by atoms with van der Waals surface area (Å²) >= 11 is 6.16. The van der Waals surface area contributed by atoms with Crippen molar-refractivity contribution < 1.29 is 23.9 Å². The van der Waals surface area contributed by atoms with Gasteiger partial charge in [0.1, 0.15) is 17.7 Å². The van der Waals surface area contributed by atoms with E-state index in [0.717, 1.165) is 31.2 Å². The first kappa shape index (κ1) is 25.8. The van der Waals surface area contributed by atoms with E-state index in [1.165, 1.54) is 11.8 Å². The summed E-state index contributed by atoms with van der Waals surface area (Å²) in [5.74, 6) is 0.278. The molecule has 0 atom stereocenters. The summed E-state index contributed by atoms with van der Waals surface area (Å²) in [6.07, 6.45) is 6.89. The zero-order valence-electron chi connectivity index (χ0n) is 20.1. The van der Waals surface area contributed by atoms with E-state index in [0.29, 0.717) is 41.7 Å². The van der Waals surface area contributed by atoms with Gasteiger partial charge in [0.05, 0.1) is 10.6 Å². The second-order valence-electron chi connectivity index (χ2n) is 9.57. The molecule has 188 valence electrons.